The molecular weight excluding hydrogens is 130 g/mol. The summed E-state index contributed by atoms with van der Waals surface area (Å²) < 4.78 is 1.69. The van der Waals surface area contributed by atoms with Crippen LogP contribution in [0.2, 0.25) is 0 Å². The molecule has 1 atom stereocenters. The molecule has 1 aromatic rings. The highest BCUT2D eigenvalue weighted by atomic mass is 16.3. The van der Waals surface area contributed by atoms with Gasteiger partial charge in [0.15, 0.2) is 0 Å². The van der Waals surface area contributed by atoms with Gasteiger partial charge in [0.05, 0.1) is 6.54 Å². The molecule has 0 amide bonds. The van der Waals surface area contributed by atoms with Crippen LogP contribution in [-0.4, -0.2) is 15.8 Å². The summed E-state index contributed by atoms with van der Waals surface area (Å²) in [7, 11) is 0. The Labute approximate surface area is 58.8 Å². The van der Waals surface area contributed by atoms with E-state index in [2.05, 4.69) is 10.3 Å². The van der Waals surface area contributed by atoms with Gasteiger partial charge in [-0.05, 0) is 13.0 Å². The smallest absolute Gasteiger partial charge is 0.109 e. The molecular formula is C6H9N3O. The van der Waals surface area contributed by atoms with Crippen LogP contribution >= 0.6 is 0 Å². The van der Waals surface area contributed by atoms with Gasteiger partial charge >= 0.3 is 0 Å². The molecule has 4 heteroatoms. The fourth-order valence-corrected chi connectivity index (χ4v) is 0.712. The lowest BCUT2D eigenvalue weighted by Gasteiger charge is -2.00. The van der Waals surface area contributed by atoms with Gasteiger partial charge in [0.2, 0.25) is 0 Å². The molecule has 0 bridgehead atoms. The summed E-state index contributed by atoms with van der Waals surface area (Å²) in [5.74, 6) is 0. The molecule has 0 N–H and O–H groups in total. The van der Waals surface area contributed by atoms with E-state index < -0.39 is 0 Å². The molecule has 1 rings (SSSR count). The van der Waals surface area contributed by atoms with E-state index in [0.29, 0.717) is 6.54 Å². The summed E-state index contributed by atoms with van der Waals surface area (Å²) in [6, 6.07) is 1.62. The van der Waals surface area contributed by atoms with Crippen molar-refractivity contribution in [2.24, 2.45) is 5.18 Å². The molecule has 0 aromatic carbocycles. The Bertz CT molecular complexity index is 195. The number of nitroso groups, excluding NO2 is 1. The summed E-state index contributed by atoms with van der Waals surface area (Å²) in [6.07, 6.45) is 3.49. The number of nitrogens with zero attached hydrogens (tertiary/aromatic N) is 3. The summed E-state index contributed by atoms with van der Waals surface area (Å²) in [6.45, 7) is 2.32. The van der Waals surface area contributed by atoms with Crippen LogP contribution in [0.4, 0.5) is 0 Å². The fraction of sp³-hybridized carbons (Fsp3) is 0.500. The van der Waals surface area contributed by atoms with E-state index in [-0.39, 0.29) is 6.04 Å². The second-order valence-corrected chi connectivity index (χ2v) is 2.18. The van der Waals surface area contributed by atoms with Gasteiger partial charge in [-0.15, -0.1) is 0 Å². The molecule has 1 unspecified atom stereocenters. The van der Waals surface area contributed by atoms with Crippen LogP contribution in [0.5, 0.6) is 0 Å². The van der Waals surface area contributed by atoms with Crippen LogP contribution in [0.3, 0.4) is 0 Å². The molecule has 0 saturated carbocycles. The lowest BCUT2D eigenvalue weighted by molar-refractivity contribution is 0.538. The summed E-state index contributed by atoms with van der Waals surface area (Å²) in [5, 5.41) is 6.77. The van der Waals surface area contributed by atoms with Gasteiger partial charge in [-0.25, -0.2) is 0 Å². The first-order chi connectivity index (χ1) is 4.83. The Balaban J connectivity index is 2.47. The Hall–Kier alpha value is -1.19. The van der Waals surface area contributed by atoms with E-state index in [9.17, 15) is 4.91 Å². The number of aromatic nitrogens is 2. The van der Waals surface area contributed by atoms with Gasteiger partial charge in [-0.1, -0.05) is 5.18 Å². The predicted molar refractivity (Wildman–Crippen MR) is 37.5 cm³/mol. The average Bonchev–Trinajstić information content (AvgIpc) is 2.40. The van der Waals surface area contributed by atoms with Gasteiger partial charge in [-0.3, -0.25) is 4.68 Å². The lowest BCUT2D eigenvalue weighted by Crippen LogP contribution is -2.09. The summed E-state index contributed by atoms with van der Waals surface area (Å²) in [5.41, 5.74) is 0. The SMILES string of the molecule is CC(Cn1cccn1)N=O. The molecule has 10 heavy (non-hydrogen) atoms. The zero-order valence-electron chi connectivity index (χ0n) is 5.77. The van der Waals surface area contributed by atoms with Gasteiger partial charge in [0.1, 0.15) is 6.04 Å². The highest BCUT2D eigenvalue weighted by Crippen LogP contribution is 1.93. The van der Waals surface area contributed by atoms with Crippen molar-refractivity contribution >= 4 is 0 Å². The van der Waals surface area contributed by atoms with Crippen molar-refractivity contribution in [1.82, 2.24) is 9.78 Å². The molecule has 0 aliphatic heterocycles. The summed E-state index contributed by atoms with van der Waals surface area (Å²) in [4.78, 5) is 9.94. The Morgan fingerprint density at radius 1 is 1.80 bits per heavy atom. The van der Waals surface area contributed by atoms with Gasteiger partial charge < -0.3 is 0 Å². The minimum absolute atomic E-state index is 0.195. The molecule has 0 aliphatic rings. The molecule has 54 valence electrons. The van der Waals surface area contributed by atoms with E-state index in [0.717, 1.165) is 0 Å². The first-order valence-corrected chi connectivity index (χ1v) is 3.13. The standard InChI is InChI=1S/C6H9N3O/c1-6(8-10)5-9-4-2-3-7-9/h2-4,6H,5H2,1H3. The first kappa shape index (κ1) is 6.92. The topological polar surface area (TPSA) is 47.2 Å². The highest BCUT2D eigenvalue weighted by Gasteiger charge is 1.99. The van der Waals surface area contributed by atoms with Crippen LogP contribution in [0, 0.1) is 4.91 Å². The van der Waals surface area contributed by atoms with Crippen molar-refractivity contribution in [1.29, 1.82) is 0 Å². The third kappa shape index (κ3) is 1.65. The van der Waals surface area contributed by atoms with E-state index in [1.54, 1.807) is 17.8 Å². The van der Waals surface area contributed by atoms with Crippen molar-refractivity contribution < 1.29 is 0 Å². The molecule has 1 heterocycles. The number of rotatable bonds is 3. The van der Waals surface area contributed by atoms with E-state index in [4.69, 9.17) is 0 Å². The zero-order valence-corrected chi connectivity index (χ0v) is 5.77. The molecule has 0 radical (unpaired) electrons. The Morgan fingerprint density at radius 3 is 3.10 bits per heavy atom. The Kier molecular flexibility index (Phi) is 2.15. The lowest BCUT2D eigenvalue weighted by atomic mass is 10.4. The largest absolute Gasteiger partial charge is 0.270 e. The summed E-state index contributed by atoms with van der Waals surface area (Å²) >= 11 is 0. The maximum absolute atomic E-state index is 9.94. The van der Waals surface area contributed by atoms with E-state index in [1.165, 1.54) is 0 Å². The highest BCUT2D eigenvalue weighted by molar-refractivity contribution is 4.78. The first-order valence-electron chi connectivity index (χ1n) is 3.13. The minimum Gasteiger partial charge on any atom is -0.270 e. The van der Waals surface area contributed by atoms with Crippen molar-refractivity contribution in [3.63, 3.8) is 0 Å². The maximum atomic E-state index is 9.94. The molecule has 4 nitrogen and oxygen atoms in total. The Morgan fingerprint density at radius 2 is 2.60 bits per heavy atom. The third-order valence-corrected chi connectivity index (χ3v) is 1.19. The predicted octanol–water partition coefficient (Wildman–Crippen LogP) is 1.04. The van der Waals surface area contributed by atoms with Crippen molar-refractivity contribution in [3.05, 3.63) is 23.4 Å². The fourth-order valence-electron chi connectivity index (χ4n) is 0.712. The minimum atomic E-state index is -0.195. The van der Waals surface area contributed by atoms with Gasteiger partial charge in [-0.2, -0.15) is 10.0 Å². The van der Waals surface area contributed by atoms with Crippen LogP contribution < -0.4 is 0 Å². The molecule has 0 fully saturated rings. The van der Waals surface area contributed by atoms with Gasteiger partial charge in [0.25, 0.3) is 0 Å². The second-order valence-electron chi connectivity index (χ2n) is 2.18. The number of hydrogen-bond acceptors (Lipinski definition) is 3. The molecule has 0 spiro atoms. The average molecular weight is 139 g/mol. The van der Waals surface area contributed by atoms with Crippen LogP contribution in [0.15, 0.2) is 23.6 Å². The molecule has 0 aliphatic carbocycles. The second kappa shape index (κ2) is 3.10. The quantitative estimate of drug-likeness (QED) is 0.587. The molecule has 0 saturated heterocycles. The third-order valence-electron chi connectivity index (χ3n) is 1.19. The van der Waals surface area contributed by atoms with Crippen molar-refractivity contribution in [3.8, 4) is 0 Å². The van der Waals surface area contributed by atoms with Crippen molar-refractivity contribution in [2.75, 3.05) is 0 Å². The normalized spacial score (nSPS) is 12.9. The van der Waals surface area contributed by atoms with E-state index in [1.807, 2.05) is 12.3 Å². The number of hydrogen-bond donors (Lipinski definition) is 0. The molecule has 1 aromatic heterocycles. The monoisotopic (exact) mass is 139 g/mol. The van der Waals surface area contributed by atoms with Crippen molar-refractivity contribution in [2.45, 2.75) is 19.5 Å². The van der Waals surface area contributed by atoms with Gasteiger partial charge in [0, 0.05) is 12.4 Å². The van der Waals surface area contributed by atoms with Crippen LogP contribution in [0.1, 0.15) is 6.92 Å². The van der Waals surface area contributed by atoms with Crippen LogP contribution in [-0.2, 0) is 6.54 Å². The van der Waals surface area contributed by atoms with E-state index >= 15 is 0 Å². The van der Waals surface area contributed by atoms with Crippen LogP contribution in [0.25, 0.3) is 0 Å². The zero-order chi connectivity index (χ0) is 7.40. The maximum Gasteiger partial charge on any atom is 0.109 e.